The van der Waals surface area contributed by atoms with Crippen LogP contribution in [0.5, 0.6) is 0 Å². The number of benzene rings is 2. The minimum absolute atomic E-state index is 0.184. The second-order valence-electron chi connectivity index (χ2n) is 6.51. The molecule has 2 aromatic rings. The van der Waals surface area contributed by atoms with Crippen molar-refractivity contribution in [2.45, 2.75) is 19.0 Å². The van der Waals surface area contributed by atoms with E-state index in [1.807, 2.05) is 12.1 Å². The van der Waals surface area contributed by atoms with Gasteiger partial charge in [-0.05, 0) is 18.1 Å². The highest BCUT2D eigenvalue weighted by Gasteiger charge is 2.41. The lowest BCUT2D eigenvalue weighted by atomic mass is 9.85. The van der Waals surface area contributed by atoms with Gasteiger partial charge in [0.05, 0.1) is 11.8 Å². The van der Waals surface area contributed by atoms with E-state index in [9.17, 15) is 8.42 Å². The summed E-state index contributed by atoms with van der Waals surface area (Å²) < 4.78 is 23.2. The summed E-state index contributed by atoms with van der Waals surface area (Å²) in [6.07, 6.45) is 1.33. The smallest absolute Gasteiger partial charge is 0.147 e. The van der Waals surface area contributed by atoms with Gasteiger partial charge in [0.1, 0.15) is 9.84 Å². The van der Waals surface area contributed by atoms with E-state index in [0.29, 0.717) is 0 Å². The van der Waals surface area contributed by atoms with E-state index in [1.165, 1.54) is 17.4 Å². The zero-order valence-electron chi connectivity index (χ0n) is 13.6. The molecule has 0 aromatic heterocycles. The monoisotopic (exact) mass is 329 g/mol. The first-order valence-electron chi connectivity index (χ1n) is 7.99. The van der Waals surface area contributed by atoms with Gasteiger partial charge in [-0.3, -0.25) is 4.90 Å². The Balaban J connectivity index is 1.87. The van der Waals surface area contributed by atoms with Crippen molar-refractivity contribution in [1.82, 2.24) is 4.90 Å². The Morgan fingerprint density at radius 3 is 1.87 bits per heavy atom. The molecule has 0 amide bonds. The molecule has 1 aliphatic rings. The first-order chi connectivity index (χ1) is 11.0. The molecule has 1 aliphatic heterocycles. The molecule has 0 aliphatic carbocycles. The minimum atomic E-state index is -2.92. The van der Waals surface area contributed by atoms with E-state index in [1.54, 1.807) is 0 Å². The zero-order chi connectivity index (χ0) is 16.4. The molecule has 4 heteroatoms. The Kier molecular flexibility index (Phi) is 4.55. The van der Waals surface area contributed by atoms with E-state index in [0.717, 1.165) is 6.54 Å². The predicted octanol–water partition coefficient (Wildman–Crippen LogP) is 3.14. The molecule has 0 N–H and O–H groups in total. The quantitative estimate of drug-likeness (QED) is 0.846. The number of hydrogen-bond acceptors (Lipinski definition) is 3. The molecule has 3 rings (SSSR count). The van der Waals surface area contributed by atoms with Gasteiger partial charge >= 0.3 is 0 Å². The summed E-state index contributed by atoms with van der Waals surface area (Å²) in [5, 5.41) is 0. The number of nitrogens with zero attached hydrogens (tertiary/aromatic N) is 1. The van der Waals surface area contributed by atoms with Crippen LogP contribution in [0.3, 0.4) is 0 Å². The van der Waals surface area contributed by atoms with Crippen LogP contribution < -0.4 is 0 Å². The lowest BCUT2D eigenvalue weighted by Crippen LogP contribution is -2.57. The molecule has 2 aromatic carbocycles. The van der Waals surface area contributed by atoms with Gasteiger partial charge in [-0.25, -0.2) is 8.42 Å². The molecule has 0 radical (unpaired) electrons. The molecule has 1 saturated heterocycles. The molecule has 1 fully saturated rings. The summed E-state index contributed by atoms with van der Waals surface area (Å²) in [4.78, 5) is 2.40. The second kappa shape index (κ2) is 6.46. The molecule has 3 nitrogen and oxygen atoms in total. The van der Waals surface area contributed by atoms with Gasteiger partial charge in [0.2, 0.25) is 0 Å². The van der Waals surface area contributed by atoms with Gasteiger partial charge in [-0.1, -0.05) is 60.7 Å². The summed E-state index contributed by atoms with van der Waals surface area (Å²) in [6, 6.07) is 21.3. The number of rotatable bonds is 5. The van der Waals surface area contributed by atoms with Crippen molar-refractivity contribution in [3.05, 3.63) is 71.8 Å². The fourth-order valence-corrected chi connectivity index (χ4v) is 4.65. The summed E-state index contributed by atoms with van der Waals surface area (Å²) in [7, 11) is -2.92. The van der Waals surface area contributed by atoms with Gasteiger partial charge in [0, 0.05) is 24.8 Å². The third-order valence-electron chi connectivity index (χ3n) is 4.73. The first kappa shape index (κ1) is 16.2. The van der Waals surface area contributed by atoms with Crippen LogP contribution >= 0.6 is 0 Å². The van der Waals surface area contributed by atoms with Crippen molar-refractivity contribution in [1.29, 1.82) is 0 Å². The van der Waals surface area contributed by atoms with Crippen molar-refractivity contribution in [2.75, 3.05) is 18.6 Å². The van der Waals surface area contributed by atoms with Crippen LogP contribution in [0, 0.1) is 5.92 Å². The summed E-state index contributed by atoms with van der Waals surface area (Å²) >= 11 is 0. The van der Waals surface area contributed by atoms with E-state index in [-0.39, 0.29) is 23.8 Å². The fourth-order valence-electron chi connectivity index (χ4n) is 3.49. The van der Waals surface area contributed by atoms with Crippen molar-refractivity contribution in [3.8, 4) is 0 Å². The standard InChI is InChI=1S/C19H23NO2S/c1-15-18(14-23(2,21)22)13-20(15)19(16-9-5-3-6-10-16)17-11-7-4-8-12-17/h3-12,15,18-19H,13-14H2,1-2H3/t15-,18?/m1/s1. The van der Waals surface area contributed by atoms with E-state index >= 15 is 0 Å². The van der Waals surface area contributed by atoms with Crippen LogP contribution in [0.2, 0.25) is 0 Å². The Morgan fingerprint density at radius 2 is 1.48 bits per heavy atom. The average molecular weight is 329 g/mol. The van der Waals surface area contributed by atoms with Crippen LogP contribution in [0.4, 0.5) is 0 Å². The van der Waals surface area contributed by atoms with Gasteiger partial charge in [-0.15, -0.1) is 0 Å². The molecule has 0 saturated carbocycles. The van der Waals surface area contributed by atoms with E-state index in [2.05, 4.69) is 60.4 Å². The Morgan fingerprint density at radius 1 is 1.00 bits per heavy atom. The van der Waals surface area contributed by atoms with Crippen LogP contribution in [0.25, 0.3) is 0 Å². The maximum Gasteiger partial charge on any atom is 0.147 e. The van der Waals surface area contributed by atoms with E-state index in [4.69, 9.17) is 0 Å². The van der Waals surface area contributed by atoms with Crippen molar-refractivity contribution in [2.24, 2.45) is 5.92 Å². The highest BCUT2D eigenvalue weighted by Crippen LogP contribution is 2.38. The Hall–Kier alpha value is -1.65. The van der Waals surface area contributed by atoms with E-state index < -0.39 is 9.84 Å². The molecule has 1 unspecified atom stereocenters. The molecule has 1 heterocycles. The van der Waals surface area contributed by atoms with Crippen LogP contribution in [0.15, 0.2) is 60.7 Å². The number of sulfone groups is 1. The lowest BCUT2D eigenvalue weighted by Gasteiger charge is -2.50. The molecular weight excluding hydrogens is 306 g/mol. The van der Waals surface area contributed by atoms with Crippen LogP contribution in [-0.2, 0) is 9.84 Å². The fraction of sp³-hybridized carbons (Fsp3) is 0.368. The summed E-state index contributed by atoms with van der Waals surface area (Å²) in [5.74, 6) is 0.501. The highest BCUT2D eigenvalue weighted by molar-refractivity contribution is 7.90. The molecule has 0 bridgehead atoms. The first-order valence-corrected chi connectivity index (χ1v) is 10.0. The summed E-state index contributed by atoms with van der Waals surface area (Å²) in [5.41, 5.74) is 2.51. The Bertz CT molecular complexity index is 704. The summed E-state index contributed by atoms with van der Waals surface area (Å²) in [6.45, 7) is 2.96. The topological polar surface area (TPSA) is 37.4 Å². The largest absolute Gasteiger partial charge is 0.289 e. The third kappa shape index (κ3) is 3.65. The van der Waals surface area contributed by atoms with Gasteiger partial charge in [-0.2, -0.15) is 0 Å². The normalized spacial score (nSPS) is 22.0. The lowest BCUT2D eigenvalue weighted by molar-refractivity contribution is 0.0118. The average Bonchev–Trinajstić information content (AvgIpc) is 2.54. The van der Waals surface area contributed by atoms with Crippen molar-refractivity contribution >= 4 is 9.84 Å². The van der Waals surface area contributed by atoms with Crippen LogP contribution in [0.1, 0.15) is 24.1 Å². The predicted molar refractivity (Wildman–Crippen MR) is 94.1 cm³/mol. The van der Waals surface area contributed by atoms with Gasteiger partial charge < -0.3 is 0 Å². The molecule has 122 valence electrons. The molecule has 0 spiro atoms. The number of likely N-dealkylation sites (tertiary alicyclic amines) is 1. The molecule has 23 heavy (non-hydrogen) atoms. The molecular formula is C19H23NO2S. The van der Waals surface area contributed by atoms with Crippen LogP contribution in [-0.4, -0.2) is 37.9 Å². The molecule has 2 atom stereocenters. The Labute approximate surface area is 138 Å². The SMILES string of the molecule is C[C@@H]1C(CS(C)(=O)=O)CN1C(c1ccccc1)c1ccccc1. The van der Waals surface area contributed by atoms with Crippen molar-refractivity contribution < 1.29 is 8.42 Å². The minimum Gasteiger partial charge on any atom is -0.289 e. The third-order valence-corrected chi connectivity index (χ3v) is 5.76. The maximum atomic E-state index is 11.6. The van der Waals surface area contributed by atoms with Crippen molar-refractivity contribution in [3.63, 3.8) is 0 Å². The number of hydrogen-bond donors (Lipinski definition) is 0. The van der Waals surface area contributed by atoms with Gasteiger partial charge in [0.25, 0.3) is 0 Å². The van der Waals surface area contributed by atoms with Gasteiger partial charge in [0.15, 0.2) is 0 Å². The zero-order valence-corrected chi connectivity index (χ0v) is 14.4. The maximum absolute atomic E-state index is 11.6. The highest BCUT2D eigenvalue weighted by atomic mass is 32.2. The second-order valence-corrected chi connectivity index (χ2v) is 8.70.